The molecule has 0 heterocycles. The first-order valence-electron chi connectivity index (χ1n) is 11.6. The van der Waals surface area contributed by atoms with Crippen molar-refractivity contribution in [3.05, 3.63) is 66.0 Å². The number of halogens is 1. The van der Waals surface area contributed by atoms with Gasteiger partial charge in [-0.2, -0.15) is 0 Å². The molecule has 3 rings (SSSR count). The quantitative estimate of drug-likeness (QED) is 0.554. The SMILES string of the molecule is CC[C@H](C(=O)NC1CCCC1)N(Cc1ccccc1)C(=O)CN(c1cccc(F)c1)S(C)(=O)=O. The van der Waals surface area contributed by atoms with Gasteiger partial charge in [-0.05, 0) is 43.0 Å². The van der Waals surface area contributed by atoms with E-state index in [1.807, 2.05) is 37.3 Å². The Labute approximate surface area is 201 Å². The number of carbonyl (C=O) groups is 2. The number of anilines is 1. The maximum atomic E-state index is 13.8. The van der Waals surface area contributed by atoms with Crippen molar-refractivity contribution in [1.82, 2.24) is 10.2 Å². The second kappa shape index (κ2) is 11.5. The third-order valence-corrected chi connectivity index (χ3v) is 7.20. The largest absolute Gasteiger partial charge is 0.352 e. The topological polar surface area (TPSA) is 86.8 Å². The Bertz CT molecular complexity index is 1090. The molecule has 1 N–H and O–H groups in total. The first-order chi connectivity index (χ1) is 16.2. The van der Waals surface area contributed by atoms with Crippen molar-refractivity contribution >= 4 is 27.5 Å². The first kappa shape index (κ1) is 25.7. The minimum Gasteiger partial charge on any atom is -0.352 e. The summed E-state index contributed by atoms with van der Waals surface area (Å²) in [5, 5.41) is 3.06. The van der Waals surface area contributed by atoms with Gasteiger partial charge in [0.15, 0.2) is 0 Å². The van der Waals surface area contributed by atoms with Crippen LogP contribution in [-0.4, -0.2) is 50.0 Å². The van der Waals surface area contributed by atoms with Crippen LogP contribution in [-0.2, 0) is 26.2 Å². The fraction of sp³-hybridized carbons (Fsp3) is 0.440. The fourth-order valence-corrected chi connectivity index (χ4v) is 5.15. The normalized spacial score (nSPS) is 15.0. The molecule has 7 nitrogen and oxygen atoms in total. The van der Waals surface area contributed by atoms with Gasteiger partial charge in [0, 0.05) is 12.6 Å². The molecule has 1 atom stereocenters. The highest BCUT2D eigenvalue weighted by molar-refractivity contribution is 7.92. The Morgan fingerprint density at radius 1 is 1.09 bits per heavy atom. The van der Waals surface area contributed by atoms with Crippen LogP contribution in [0.5, 0.6) is 0 Å². The van der Waals surface area contributed by atoms with Crippen LogP contribution in [0.1, 0.15) is 44.6 Å². The number of nitrogens with zero attached hydrogens (tertiary/aromatic N) is 2. The number of amides is 2. The fourth-order valence-electron chi connectivity index (χ4n) is 4.31. The second-order valence-corrected chi connectivity index (χ2v) is 10.6. The molecule has 1 fully saturated rings. The molecule has 1 aliphatic rings. The van der Waals surface area contributed by atoms with Gasteiger partial charge < -0.3 is 10.2 Å². The van der Waals surface area contributed by atoms with Gasteiger partial charge in [-0.25, -0.2) is 12.8 Å². The van der Waals surface area contributed by atoms with E-state index in [2.05, 4.69) is 5.32 Å². The van der Waals surface area contributed by atoms with Crippen LogP contribution in [0, 0.1) is 5.82 Å². The molecular formula is C25H32FN3O4S. The zero-order valence-electron chi connectivity index (χ0n) is 19.6. The van der Waals surface area contributed by atoms with E-state index in [0.717, 1.165) is 47.9 Å². The zero-order valence-corrected chi connectivity index (χ0v) is 20.4. The summed E-state index contributed by atoms with van der Waals surface area (Å²) in [6.07, 6.45) is 5.29. The molecule has 0 spiro atoms. The van der Waals surface area contributed by atoms with Crippen molar-refractivity contribution in [2.45, 2.75) is 57.7 Å². The summed E-state index contributed by atoms with van der Waals surface area (Å²) in [5.41, 5.74) is 0.874. The van der Waals surface area contributed by atoms with Crippen LogP contribution in [0.15, 0.2) is 54.6 Å². The van der Waals surface area contributed by atoms with E-state index >= 15 is 0 Å². The molecule has 1 saturated carbocycles. The molecule has 184 valence electrons. The van der Waals surface area contributed by atoms with Gasteiger partial charge in [0.1, 0.15) is 18.4 Å². The van der Waals surface area contributed by atoms with Crippen LogP contribution < -0.4 is 9.62 Å². The third-order valence-electron chi connectivity index (χ3n) is 6.06. The van der Waals surface area contributed by atoms with Crippen molar-refractivity contribution in [2.75, 3.05) is 17.1 Å². The molecule has 2 aromatic rings. The molecule has 9 heteroatoms. The Balaban J connectivity index is 1.90. The standard InChI is InChI=1S/C25H32FN3O4S/c1-3-23(25(31)27-21-13-7-8-14-21)28(17-19-10-5-4-6-11-19)24(30)18-29(34(2,32)33)22-15-9-12-20(26)16-22/h4-6,9-12,15-16,21,23H,3,7-8,13-14,17-18H2,1-2H3,(H,27,31)/t23-/m1/s1. The molecule has 0 aromatic heterocycles. The lowest BCUT2D eigenvalue weighted by Crippen LogP contribution is -2.53. The van der Waals surface area contributed by atoms with E-state index < -0.39 is 34.3 Å². The highest BCUT2D eigenvalue weighted by atomic mass is 32.2. The lowest BCUT2D eigenvalue weighted by molar-refractivity contribution is -0.140. The summed E-state index contributed by atoms with van der Waals surface area (Å²) >= 11 is 0. The van der Waals surface area contributed by atoms with Crippen LogP contribution in [0.25, 0.3) is 0 Å². The van der Waals surface area contributed by atoms with Crippen LogP contribution in [0.4, 0.5) is 10.1 Å². The van der Waals surface area contributed by atoms with Gasteiger partial charge in [0.2, 0.25) is 21.8 Å². The molecule has 2 amide bonds. The predicted molar refractivity (Wildman–Crippen MR) is 130 cm³/mol. The molecule has 0 bridgehead atoms. The van der Waals surface area contributed by atoms with Crippen LogP contribution in [0.3, 0.4) is 0 Å². The van der Waals surface area contributed by atoms with Crippen molar-refractivity contribution in [1.29, 1.82) is 0 Å². The Hall–Kier alpha value is -2.94. The summed E-state index contributed by atoms with van der Waals surface area (Å²) in [7, 11) is -3.89. The lowest BCUT2D eigenvalue weighted by atomic mass is 10.1. The van der Waals surface area contributed by atoms with E-state index in [1.165, 1.54) is 23.1 Å². The summed E-state index contributed by atoms with van der Waals surface area (Å²) in [6.45, 7) is 1.43. The number of carbonyl (C=O) groups excluding carboxylic acids is 2. The average Bonchev–Trinajstić information content (AvgIpc) is 3.30. The summed E-state index contributed by atoms with van der Waals surface area (Å²) in [4.78, 5) is 28.2. The Kier molecular flexibility index (Phi) is 8.66. The molecule has 34 heavy (non-hydrogen) atoms. The van der Waals surface area contributed by atoms with Gasteiger partial charge in [0.25, 0.3) is 0 Å². The van der Waals surface area contributed by atoms with Gasteiger partial charge in [-0.15, -0.1) is 0 Å². The van der Waals surface area contributed by atoms with Gasteiger partial charge in [0.05, 0.1) is 11.9 Å². The van der Waals surface area contributed by atoms with E-state index in [4.69, 9.17) is 0 Å². The zero-order chi connectivity index (χ0) is 24.7. The number of nitrogens with one attached hydrogen (secondary N) is 1. The maximum Gasteiger partial charge on any atom is 0.244 e. The summed E-state index contributed by atoms with van der Waals surface area (Å²) in [5.74, 6) is -1.38. The molecule has 0 unspecified atom stereocenters. The number of rotatable bonds is 10. The Morgan fingerprint density at radius 3 is 2.35 bits per heavy atom. The number of benzene rings is 2. The van der Waals surface area contributed by atoms with E-state index in [9.17, 15) is 22.4 Å². The first-order valence-corrected chi connectivity index (χ1v) is 13.4. The van der Waals surface area contributed by atoms with Gasteiger partial charge in [-0.3, -0.25) is 13.9 Å². The predicted octanol–water partition coefficient (Wildman–Crippen LogP) is 3.46. The Morgan fingerprint density at radius 2 is 1.76 bits per heavy atom. The van der Waals surface area contributed by atoms with Crippen molar-refractivity contribution in [3.8, 4) is 0 Å². The number of sulfonamides is 1. The maximum absolute atomic E-state index is 13.8. The monoisotopic (exact) mass is 489 g/mol. The van der Waals surface area contributed by atoms with Gasteiger partial charge >= 0.3 is 0 Å². The van der Waals surface area contributed by atoms with E-state index in [0.29, 0.717) is 6.42 Å². The molecule has 0 aliphatic heterocycles. The van der Waals surface area contributed by atoms with Crippen LogP contribution in [0.2, 0.25) is 0 Å². The van der Waals surface area contributed by atoms with Crippen LogP contribution >= 0.6 is 0 Å². The van der Waals surface area contributed by atoms with Gasteiger partial charge in [-0.1, -0.05) is 56.2 Å². The van der Waals surface area contributed by atoms with Crippen molar-refractivity contribution in [3.63, 3.8) is 0 Å². The highest BCUT2D eigenvalue weighted by Crippen LogP contribution is 2.22. The third kappa shape index (κ3) is 6.79. The minimum absolute atomic E-state index is 0.0546. The molecule has 0 saturated heterocycles. The van der Waals surface area contributed by atoms with E-state index in [-0.39, 0.29) is 24.2 Å². The molecule has 1 aliphatic carbocycles. The number of hydrogen-bond acceptors (Lipinski definition) is 4. The smallest absolute Gasteiger partial charge is 0.244 e. The second-order valence-electron chi connectivity index (χ2n) is 8.67. The summed E-state index contributed by atoms with van der Waals surface area (Å²) in [6, 6.07) is 13.7. The molecule has 2 aromatic carbocycles. The average molecular weight is 490 g/mol. The minimum atomic E-state index is -3.89. The number of hydrogen-bond donors (Lipinski definition) is 1. The molecule has 0 radical (unpaired) electrons. The summed E-state index contributed by atoms with van der Waals surface area (Å²) < 4.78 is 39.7. The van der Waals surface area contributed by atoms with Crippen molar-refractivity contribution in [2.24, 2.45) is 0 Å². The van der Waals surface area contributed by atoms with Crippen molar-refractivity contribution < 1.29 is 22.4 Å². The molecular weight excluding hydrogens is 457 g/mol. The highest BCUT2D eigenvalue weighted by Gasteiger charge is 2.33. The lowest BCUT2D eigenvalue weighted by Gasteiger charge is -2.33. The van der Waals surface area contributed by atoms with E-state index in [1.54, 1.807) is 0 Å².